The average Bonchev–Trinajstić information content (AvgIpc) is 2.44. The Labute approximate surface area is 110 Å². The van der Waals surface area contributed by atoms with E-state index in [4.69, 9.17) is 16.1 Å². The molecular formula is C14H10N4O. The molecule has 0 aliphatic carbocycles. The van der Waals surface area contributed by atoms with Crippen molar-refractivity contribution in [3.63, 3.8) is 0 Å². The van der Waals surface area contributed by atoms with Gasteiger partial charge < -0.3 is 10.8 Å². The number of aliphatic hydroxyl groups excluding tert-OH is 1. The van der Waals surface area contributed by atoms with Crippen LogP contribution in [0.15, 0.2) is 30.3 Å². The van der Waals surface area contributed by atoms with E-state index in [1.807, 2.05) is 6.07 Å². The fourth-order valence-corrected chi connectivity index (χ4v) is 1.56. The van der Waals surface area contributed by atoms with Gasteiger partial charge >= 0.3 is 0 Å². The molecule has 0 saturated heterocycles. The van der Waals surface area contributed by atoms with Gasteiger partial charge in [0.25, 0.3) is 0 Å². The molecule has 0 fully saturated rings. The molecule has 3 N–H and O–H groups in total. The molecule has 0 spiro atoms. The van der Waals surface area contributed by atoms with Crippen molar-refractivity contribution in [2.75, 3.05) is 12.3 Å². The first-order valence-electron chi connectivity index (χ1n) is 5.48. The molecule has 5 nitrogen and oxygen atoms in total. The standard InChI is InChI=1S/C14H10N4O/c15-9-10-3-1-4-11(7-10)13-8-12(5-2-6-19)17-14(16)18-13/h1,3-4,7-8,19H,6H2,(H2,16,17,18). The van der Waals surface area contributed by atoms with Crippen molar-refractivity contribution in [1.29, 1.82) is 5.26 Å². The minimum absolute atomic E-state index is 0.0992. The van der Waals surface area contributed by atoms with Crippen LogP contribution in [0.4, 0.5) is 5.95 Å². The predicted molar refractivity (Wildman–Crippen MR) is 70.6 cm³/mol. The summed E-state index contributed by atoms with van der Waals surface area (Å²) in [6, 6.07) is 10.7. The molecule has 2 rings (SSSR count). The molecule has 0 bridgehead atoms. The maximum Gasteiger partial charge on any atom is 0.221 e. The number of rotatable bonds is 1. The lowest BCUT2D eigenvalue weighted by Crippen LogP contribution is -1.99. The third kappa shape index (κ3) is 3.06. The maximum atomic E-state index is 8.88. The quantitative estimate of drug-likeness (QED) is 0.734. The highest BCUT2D eigenvalue weighted by Gasteiger charge is 2.04. The lowest BCUT2D eigenvalue weighted by atomic mass is 10.1. The molecule has 0 atom stereocenters. The summed E-state index contributed by atoms with van der Waals surface area (Å²) < 4.78 is 0. The van der Waals surface area contributed by atoms with Crippen molar-refractivity contribution >= 4 is 5.95 Å². The van der Waals surface area contributed by atoms with Gasteiger partial charge in [0.15, 0.2) is 0 Å². The normalized spacial score (nSPS) is 9.26. The van der Waals surface area contributed by atoms with Crippen molar-refractivity contribution in [2.24, 2.45) is 0 Å². The van der Waals surface area contributed by atoms with Crippen molar-refractivity contribution < 1.29 is 5.11 Å². The van der Waals surface area contributed by atoms with Crippen LogP contribution in [-0.2, 0) is 0 Å². The molecule has 92 valence electrons. The summed E-state index contributed by atoms with van der Waals surface area (Å²) in [5.74, 6) is 5.28. The van der Waals surface area contributed by atoms with Crippen molar-refractivity contribution in [2.45, 2.75) is 0 Å². The van der Waals surface area contributed by atoms with Gasteiger partial charge in [-0.3, -0.25) is 0 Å². The second kappa shape index (κ2) is 5.63. The number of nitrogens with zero attached hydrogens (tertiary/aromatic N) is 3. The van der Waals surface area contributed by atoms with Crippen LogP contribution in [-0.4, -0.2) is 21.7 Å². The van der Waals surface area contributed by atoms with E-state index in [9.17, 15) is 0 Å². The Balaban J connectivity index is 2.50. The minimum atomic E-state index is -0.247. The average molecular weight is 250 g/mol. The predicted octanol–water partition coefficient (Wildman–Crippen LogP) is 0.941. The van der Waals surface area contributed by atoms with E-state index >= 15 is 0 Å². The fourth-order valence-electron chi connectivity index (χ4n) is 1.56. The van der Waals surface area contributed by atoms with Crippen LogP contribution in [0, 0.1) is 23.2 Å². The zero-order valence-corrected chi connectivity index (χ0v) is 9.96. The number of nitrogen functional groups attached to an aromatic ring is 1. The molecule has 0 aliphatic heterocycles. The van der Waals surface area contributed by atoms with E-state index in [-0.39, 0.29) is 12.6 Å². The second-order valence-electron chi connectivity index (χ2n) is 3.65. The maximum absolute atomic E-state index is 8.88. The Morgan fingerprint density at radius 3 is 2.84 bits per heavy atom. The highest BCUT2D eigenvalue weighted by molar-refractivity contribution is 5.63. The summed E-state index contributed by atoms with van der Waals surface area (Å²) in [5, 5.41) is 17.5. The Morgan fingerprint density at radius 1 is 1.26 bits per heavy atom. The van der Waals surface area contributed by atoms with E-state index in [1.54, 1.807) is 24.3 Å². The van der Waals surface area contributed by atoms with Crippen molar-refractivity contribution in [1.82, 2.24) is 9.97 Å². The molecule has 2 aromatic rings. The topological polar surface area (TPSA) is 95.8 Å². The SMILES string of the molecule is N#Cc1cccc(-c2cc(C#CCO)nc(N)n2)c1. The van der Waals surface area contributed by atoms with Gasteiger partial charge in [0, 0.05) is 5.56 Å². The Hall–Kier alpha value is -2.89. The summed E-state index contributed by atoms with van der Waals surface area (Å²) in [6.07, 6.45) is 0. The third-order valence-corrected chi connectivity index (χ3v) is 2.33. The summed E-state index contributed by atoms with van der Waals surface area (Å²) in [6.45, 7) is -0.247. The number of aromatic nitrogens is 2. The zero-order valence-electron chi connectivity index (χ0n) is 9.96. The van der Waals surface area contributed by atoms with Crippen LogP contribution in [0.2, 0.25) is 0 Å². The number of nitrogens with two attached hydrogens (primary N) is 1. The summed E-state index contributed by atoms with van der Waals surface area (Å²) >= 11 is 0. The van der Waals surface area contributed by atoms with Crippen LogP contribution < -0.4 is 5.73 Å². The van der Waals surface area contributed by atoms with Gasteiger partial charge in [0.2, 0.25) is 5.95 Å². The minimum Gasteiger partial charge on any atom is -0.384 e. The number of benzene rings is 1. The molecule has 0 radical (unpaired) electrons. The van der Waals surface area contributed by atoms with Crippen LogP contribution in [0.1, 0.15) is 11.3 Å². The largest absolute Gasteiger partial charge is 0.384 e. The first-order valence-corrected chi connectivity index (χ1v) is 5.48. The van der Waals surface area contributed by atoms with Gasteiger partial charge in [-0.25, -0.2) is 9.97 Å². The molecule has 19 heavy (non-hydrogen) atoms. The van der Waals surface area contributed by atoms with Gasteiger partial charge in [0.1, 0.15) is 12.3 Å². The fraction of sp³-hybridized carbons (Fsp3) is 0.0714. The number of hydrogen-bond acceptors (Lipinski definition) is 5. The van der Waals surface area contributed by atoms with E-state index in [0.717, 1.165) is 5.56 Å². The molecule has 0 amide bonds. The lowest BCUT2D eigenvalue weighted by Gasteiger charge is -2.03. The first-order chi connectivity index (χ1) is 9.22. The smallest absolute Gasteiger partial charge is 0.221 e. The molecule has 0 aliphatic rings. The highest BCUT2D eigenvalue weighted by atomic mass is 16.2. The molecule has 0 unspecified atom stereocenters. The number of anilines is 1. The van der Waals surface area contributed by atoms with Gasteiger partial charge in [-0.2, -0.15) is 5.26 Å². The van der Waals surface area contributed by atoms with E-state index in [1.165, 1.54) is 0 Å². The Morgan fingerprint density at radius 2 is 2.11 bits per heavy atom. The second-order valence-corrected chi connectivity index (χ2v) is 3.65. The summed E-state index contributed by atoms with van der Waals surface area (Å²) in [7, 11) is 0. The van der Waals surface area contributed by atoms with Crippen molar-refractivity contribution in [3.8, 4) is 29.2 Å². The first kappa shape index (κ1) is 12.6. The molecule has 1 heterocycles. The molecule has 1 aromatic heterocycles. The van der Waals surface area contributed by atoms with Crippen LogP contribution in [0.25, 0.3) is 11.3 Å². The Bertz CT molecular complexity index is 707. The van der Waals surface area contributed by atoms with Gasteiger partial charge in [-0.1, -0.05) is 18.1 Å². The number of nitriles is 1. The van der Waals surface area contributed by atoms with Gasteiger partial charge in [-0.05, 0) is 24.1 Å². The highest BCUT2D eigenvalue weighted by Crippen LogP contribution is 2.19. The summed E-state index contributed by atoms with van der Waals surface area (Å²) in [5.41, 5.74) is 7.94. The van der Waals surface area contributed by atoms with Gasteiger partial charge in [-0.15, -0.1) is 0 Å². The van der Waals surface area contributed by atoms with Crippen LogP contribution >= 0.6 is 0 Å². The van der Waals surface area contributed by atoms with Gasteiger partial charge in [0.05, 0.1) is 17.3 Å². The molecule has 5 heteroatoms. The Kier molecular flexibility index (Phi) is 3.72. The number of aliphatic hydroxyl groups is 1. The van der Waals surface area contributed by atoms with E-state index in [2.05, 4.69) is 27.9 Å². The molecule has 1 aromatic carbocycles. The molecule has 0 saturated carbocycles. The number of hydrogen-bond donors (Lipinski definition) is 2. The third-order valence-electron chi connectivity index (χ3n) is 2.33. The van der Waals surface area contributed by atoms with E-state index < -0.39 is 0 Å². The molecular weight excluding hydrogens is 240 g/mol. The zero-order chi connectivity index (χ0) is 13.7. The summed E-state index contributed by atoms with van der Waals surface area (Å²) in [4.78, 5) is 8.07. The monoisotopic (exact) mass is 250 g/mol. The lowest BCUT2D eigenvalue weighted by molar-refractivity contribution is 0.350. The van der Waals surface area contributed by atoms with Crippen LogP contribution in [0.3, 0.4) is 0 Å². The van der Waals surface area contributed by atoms with Crippen LogP contribution in [0.5, 0.6) is 0 Å². The van der Waals surface area contributed by atoms with Crippen molar-refractivity contribution in [3.05, 3.63) is 41.6 Å². The van der Waals surface area contributed by atoms with E-state index in [0.29, 0.717) is 17.0 Å².